The number of methoxy groups -OCH3 is 1. The van der Waals surface area contributed by atoms with E-state index in [1.54, 1.807) is 54.6 Å². The summed E-state index contributed by atoms with van der Waals surface area (Å²) in [6, 6.07) is 18.0. The van der Waals surface area contributed by atoms with Crippen molar-refractivity contribution in [3.8, 4) is 5.75 Å². The van der Waals surface area contributed by atoms with Crippen LogP contribution in [0, 0.1) is 6.92 Å². The molecule has 0 saturated heterocycles. The van der Waals surface area contributed by atoms with Crippen LogP contribution in [0.4, 0.5) is 11.4 Å². The zero-order chi connectivity index (χ0) is 21.9. The number of carbonyl (C=O) groups excluding carboxylic acids is 1. The third-order valence-corrected chi connectivity index (χ3v) is 6.72. The van der Waals surface area contributed by atoms with Crippen molar-refractivity contribution in [2.75, 3.05) is 23.8 Å². The zero-order valence-corrected chi connectivity index (χ0v) is 18.3. The minimum atomic E-state index is -3.80. The Morgan fingerprint density at radius 1 is 1.03 bits per heavy atom. The van der Waals surface area contributed by atoms with Crippen molar-refractivity contribution < 1.29 is 17.9 Å². The van der Waals surface area contributed by atoms with E-state index in [-0.39, 0.29) is 15.5 Å². The number of sulfonamides is 1. The van der Waals surface area contributed by atoms with Crippen LogP contribution in [0.1, 0.15) is 15.9 Å². The Labute approximate surface area is 181 Å². The van der Waals surface area contributed by atoms with E-state index in [1.807, 2.05) is 6.92 Å². The van der Waals surface area contributed by atoms with E-state index in [0.29, 0.717) is 17.1 Å². The molecule has 0 aliphatic rings. The molecule has 1 amide bonds. The number of hydrogen-bond donors (Lipinski definition) is 1. The van der Waals surface area contributed by atoms with E-state index in [1.165, 1.54) is 26.3 Å². The van der Waals surface area contributed by atoms with Gasteiger partial charge in [0.15, 0.2) is 0 Å². The van der Waals surface area contributed by atoms with Crippen LogP contribution in [0.2, 0.25) is 5.02 Å². The van der Waals surface area contributed by atoms with Crippen molar-refractivity contribution in [1.82, 2.24) is 0 Å². The first kappa shape index (κ1) is 21.7. The van der Waals surface area contributed by atoms with Crippen molar-refractivity contribution in [3.63, 3.8) is 0 Å². The molecular formula is C22H21ClN2O4S. The van der Waals surface area contributed by atoms with Gasteiger partial charge >= 0.3 is 0 Å². The van der Waals surface area contributed by atoms with E-state index in [2.05, 4.69) is 5.32 Å². The molecular weight excluding hydrogens is 424 g/mol. The Bertz CT molecular complexity index is 1180. The van der Waals surface area contributed by atoms with Gasteiger partial charge in [0, 0.05) is 7.05 Å². The highest BCUT2D eigenvalue weighted by atomic mass is 35.5. The number of aryl methyl sites for hydroxylation is 1. The second-order valence-electron chi connectivity index (χ2n) is 6.60. The predicted octanol–water partition coefficient (Wildman–Crippen LogP) is 4.73. The van der Waals surface area contributed by atoms with E-state index < -0.39 is 15.9 Å². The number of halogens is 1. The fraction of sp³-hybridized carbons (Fsp3) is 0.136. The van der Waals surface area contributed by atoms with Crippen LogP contribution in [-0.2, 0) is 10.0 Å². The molecule has 0 unspecified atom stereocenters. The van der Waals surface area contributed by atoms with Gasteiger partial charge < -0.3 is 10.1 Å². The van der Waals surface area contributed by atoms with E-state index in [9.17, 15) is 13.2 Å². The summed E-state index contributed by atoms with van der Waals surface area (Å²) in [6.45, 7) is 1.88. The fourth-order valence-electron chi connectivity index (χ4n) is 2.83. The molecule has 0 fully saturated rings. The molecule has 3 aromatic carbocycles. The number of ether oxygens (including phenoxy) is 1. The quantitative estimate of drug-likeness (QED) is 0.596. The minimum Gasteiger partial charge on any atom is -0.495 e. The molecule has 6 nitrogen and oxygen atoms in total. The summed E-state index contributed by atoms with van der Waals surface area (Å²) in [7, 11) is -0.861. The van der Waals surface area contributed by atoms with Gasteiger partial charge in [0.25, 0.3) is 15.9 Å². The van der Waals surface area contributed by atoms with Gasteiger partial charge in [-0.2, -0.15) is 0 Å². The highest BCUT2D eigenvalue weighted by Gasteiger charge is 2.23. The molecule has 3 rings (SSSR count). The molecule has 1 N–H and O–H groups in total. The highest BCUT2D eigenvalue weighted by Crippen LogP contribution is 2.29. The van der Waals surface area contributed by atoms with Crippen molar-refractivity contribution in [2.24, 2.45) is 0 Å². The van der Waals surface area contributed by atoms with Crippen LogP contribution in [0.15, 0.2) is 71.6 Å². The van der Waals surface area contributed by atoms with Gasteiger partial charge in [0.05, 0.1) is 34.0 Å². The lowest BCUT2D eigenvalue weighted by Crippen LogP contribution is -2.27. The number of nitrogens with zero attached hydrogens (tertiary/aromatic N) is 1. The number of anilines is 2. The Kier molecular flexibility index (Phi) is 6.34. The molecule has 0 heterocycles. The van der Waals surface area contributed by atoms with Crippen LogP contribution in [0.5, 0.6) is 5.75 Å². The lowest BCUT2D eigenvalue weighted by Gasteiger charge is -2.21. The fourth-order valence-corrected chi connectivity index (χ4v) is 4.22. The molecule has 0 aromatic heterocycles. The number of hydrogen-bond acceptors (Lipinski definition) is 4. The predicted molar refractivity (Wildman–Crippen MR) is 119 cm³/mol. The first-order valence-electron chi connectivity index (χ1n) is 9.03. The number of para-hydroxylation sites is 2. The van der Waals surface area contributed by atoms with Crippen LogP contribution >= 0.6 is 11.6 Å². The van der Waals surface area contributed by atoms with Crippen LogP contribution in [0.25, 0.3) is 0 Å². The molecule has 30 heavy (non-hydrogen) atoms. The van der Waals surface area contributed by atoms with Crippen molar-refractivity contribution in [3.05, 3.63) is 82.9 Å². The molecule has 156 valence electrons. The van der Waals surface area contributed by atoms with Crippen molar-refractivity contribution in [2.45, 2.75) is 11.8 Å². The number of carbonyl (C=O) groups is 1. The molecule has 8 heteroatoms. The molecule has 0 aliphatic heterocycles. The summed E-state index contributed by atoms with van der Waals surface area (Å²) in [4.78, 5) is 13.0. The molecule has 0 spiro atoms. The monoisotopic (exact) mass is 444 g/mol. The molecule has 0 radical (unpaired) electrons. The molecule has 0 aliphatic carbocycles. The largest absolute Gasteiger partial charge is 0.495 e. The Hall–Kier alpha value is -3.03. The minimum absolute atomic E-state index is 0.144. The lowest BCUT2D eigenvalue weighted by atomic mass is 10.1. The molecule has 0 atom stereocenters. The average Bonchev–Trinajstić information content (AvgIpc) is 2.74. The van der Waals surface area contributed by atoms with Gasteiger partial charge in [-0.15, -0.1) is 0 Å². The topological polar surface area (TPSA) is 75.7 Å². The number of benzene rings is 3. The third kappa shape index (κ3) is 4.42. The van der Waals surface area contributed by atoms with E-state index in [4.69, 9.17) is 16.3 Å². The number of rotatable bonds is 6. The zero-order valence-electron chi connectivity index (χ0n) is 16.7. The maximum Gasteiger partial charge on any atom is 0.264 e. The summed E-state index contributed by atoms with van der Waals surface area (Å²) in [5.41, 5.74) is 1.89. The van der Waals surface area contributed by atoms with Crippen LogP contribution < -0.4 is 14.4 Å². The molecule has 0 saturated carbocycles. The highest BCUT2D eigenvalue weighted by molar-refractivity contribution is 7.92. The maximum atomic E-state index is 13.0. The van der Waals surface area contributed by atoms with Crippen LogP contribution in [0.3, 0.4) is 0 Å². The second kappa shape index (κ2) is 8.77. The number of amides is 1. The molecule has 3 aromatic rings. The third-order valence-electron chi connectivity index (χ3n) is 4.59. The first-order chi connectivity index (χ1) is 14.2. The van der Waals surface area contributed by atoms with Gasteiger partial charge in [-0.25, -0.2) is 8.42 Å². The summed E-state index contributed by atoms with van der Waals surface area (Å²) in [5.74, 6) is 0.0182. The Morgan fingerprint density at radius 3 is 2.37 bits per heavy atom. The van der Waals surface area contributed by atoms with E-state index in [0.717, 1.165) is 9.87 Å². The Morgan fingerprint density at radius 2 is 1.70 bits per heavy atom. The standard InChI is InChI=1S/C22H21ClN2O4S/c1-15-8-11-17(12-9-15)30(27,28)25(2)16-10-13-19(23)18(14-16)22(26)24-20-6-4-5-7-21(20)29-3/h4-14H,1-3H3,(H,24,26). The number of nitrogens with one attached hydrogen (secondary N) is 1. The van der Waals surface area contributed by atoms with Gasteiger partial charge in [-0.1, -0.05) is 41.4 Å². The summed E-state index contributed by atoms with van der Waals surface area (Å²) < 4.78 is 32.3. The summed E-state index contributed by atoms with van der Waals surface area (Å²) in [5, 5.41) is 2.95. The van der Waals surface area contributed by atoms with Gasteiger partial charge in [-0.3, -0.25) is 9.10 Å². The van der Waals surface area contributed by atoms with Crippen LogP contribution in [-0.4, -0.2) is 28.5 Å². The second-order valence-corrected chi connectivity index (χ2v) is 8.98. The average molecular weight is 445 g/mol. The van der Waals surface area contributed by atoms with E-state index >= 15 is 0 Å². The maximum absolute atomic E-state index is 13.0. The van der Waals surface area contributed by atoms with Crippen molar-refractivity contribution in [1.29, 1.82) is 0 Å². The SMILES string of the molecule is COc1ccccc1NC(=O)c1cc(N(C)S(=O)(=O)c2ccc(C)cc2)ccc1Cl. The smallest absolute Gasteiger partial charge is 0.264 e. The van der Waals surface area contributed by atoms with Gasteiger partial charge in [0.1, 0.15) is 5.75 Å². The first-order valence-corrected chi connectivity index (χ1v) is 10.9. The Balaban J connectivity index is 1.92. The summed E-state index contributed by atoms with van der Waals surface area (Å²) >= 11 is 6.22. The summed E-state index contributed by atoms with van der Waals surface area (Å²) in [6.07, 6.45) is 0. The molecule has 0 bridgehead atoms. The van der Waals surface area contributed by atoms with Gasteiger partial charge in [0.2, 0.25) is 0 Å². The normalized spacial score (nSPS) is 11.1. The van der Waals surface area contributed by atoms with Crippen molar-refractivity contribution >= 4 is 38.9 Å². The van der Waals surface area contributed by atoms with Gasteiger partial charge in [-0.05, 0) is 49.4 Å². The lowest BCUT2D eigenvalue weighted by molar-refractivity contribution is 0.102.